The maximum Gasteiger partial charge on any atom is 0.325 e. The molecule has 0 spiro atoms. The Kier molecular flexibility index (Phi) is 7.89. The lowest BCUT2D eigenvalue weighted by Crippen LogP contribution is -2.54. The summed E-state index contributed by atoms with van der Waals surface area (Å²) in [5, 5.41) is 15.1. The number of rotatable bonds is 10. The number of hydrogen-bond acceptors (Lipinski definition) is 5. The van der Waals surface area contributed by atoms with Gasteiger partial charge in [-0.1, -0.05) is 18.2 Å². The molecule has 0 aliphatic heterocycles. The Hall–Kier alpha value is -2.52. The number of para-hydroxylation sites is 1. The molecule has 6 N–H and O–H groups in total. The number of aromatic nitrogens is 1. The molecule has 1 aromatic heterocycles. The number of thioether (sulfide) groups is 1. The van der Waals surface area contributed by atoms with Crippen molar-refractivity contribution in [3.8, 4) is 0 Å². The number of aliphatic carboxylic acids is 1. The average molecular weight is 407 g/mol. The molecule has 0 saturated carbocycles. The van der Waals surface area contributed by atoms with Crippen LogP contribution in [0.5, 0.6) is 0 Å². The number of benzene rings is 1. The molecule has 3 atom stereocenters. The van der Waals surface area contributed by atoms with Crippen LogP contribution in [0.1, 0.15) is 18.9 Å². The number of aromatic amines is 1. The van der Waals surface area contributed by atoms with Crippen LogP contribution in [0.15, 0.2) is 30.5 Å². The van der Waals surface area contributed by atoms with Gasteiger partial charge in [-0.2, -0.15) is 11.8 Å². The van der Waals surface area contributed by atoms with Crippen molar-refractivity contribution in [1.82, 2.24) is 15.6 Å². The van der Waals surface area contributed by atoms with Crippen LogP contribution in [0.2, 0.25) is 0 Å². The first-order chi connectivity index (χ1) is 13.3. The number of H-pyrrole nitrogens is 1. The van der Waals surface area contributed by atoms with Crippen LogP contribution >= 0.6 is 11.8 Å². The number of amides is 2. The van der Waals surface area contributed by atoms with Gasteiger partial charge in [0.1, 0.15) is 12.1 Å². The average Bonchev–Trinajstić information content (AvgIpc) is 3.08. The Morgan fingerprint density at radius 2 is 1.93 bits per heavy atom. The molecule has 28 heavy (non-hydrogen) atoms. The Bertz CT molecular complexity index is 838. The van der Waals surface area contributed by atoms with Crippen LogP contribution in [0.3, 0.4) is 0 Å². The van der Waals surface area contributed by atoms with E-state index in [-0.39, 0.29) is 6.42 Å². The SMILES string of the molecule is CSCC[C@H](N)C(=O)N[C@@H](Cc1c[nH]c2ccccc12)C(=O)N[C@@H](C)C(=O)O. The molecule has 2 aromatic rings. The lowest BCUT2D eigenvalue weighted by Gasteiger charge is -2.21. The molecule has 1 aromatic carbocycles. The zero-order valence-corrected chi connectivity index (χ0v) is 16.7. The number of carboxylic acid groups (broad SMARTS) is 1. The van der Waals surface area contributed by atoms with Crippen molar-refractivity contribution in [3.05, 3.63) is 36.0 Å². The summed E-state index contributed by atoms with van der Waals surface area (Å²) >= 11 is 1.58. The van der Waals surface area contributed by atoms with Gasteiger partial charge in [0.05, 0.1) is 6.04 Å². The standard InChI is InChI=1S/C19H26N4O4S/c1-11(19(26)27)22-18(25)16(23-17(24)14(20)7-8-28-2)9-12-10-21-15-6-4-3-5-13(12)15/h3-6,10-11,14,16,21H,7-9,20H2,1-2H3,(H,22,25)(H,23,24)(H,26,27)/t11-,14-,16-/m0/s1. The van der Waals surface area contributed by atoms with E-state index in [9.17, 15) is 14.4 Å². The van der Waals surface area contributed by atoms with Crippen LogP contribution in [-0.2, 0) is 20.8 Å². The third kappa shape index (κ3) is 5.74. The lowest BCUT2D eigenvalue weighted by atomic mass is 10.0. The summed E-state index contributed by atoms with van der Waals surface area (Å²) in [6.07, 6.45) is 4.40. The molecule has 0 radical (unpaired) electrons. The number of carbonyl (C=O) groups is 3. The van der Waals surface area contributed by atoms with Crippen molar-refractivity contribution in [1.29, 1.82) is 0 Å². The highest BCUT2D eigenvalue weighted by Gasteiger charge is 2.27. The van der Waals surface area contributed by atoms with E-state index in [0.29, 0.717) is 6.42 Å². The summed E-state index contributed by atoms with van der Waals surface area (Å²) < 4.78 is 0. The molecule has 8 nitrogen and oxygen atoms in total. The van der Waals surface area contributed by atoms with Crippen LogP contribution in [0.25, 0.3) is 10.9 Å². The maximum atomic E-state index is 12.6. The number of fused-ring (bicyclic) bond motifs is 1. The number of nitrogens with one attached hydrogen (secondary N) is 3. The fourth-order valence-corrected chi connectivity index (χ4v) is 3.25. The summed E-state index contributed by atoms with van der Waals surface area (Å²) in [7, 11) is 0. The molecule has 0 bridgehead atoms. The smallest absolute Gasteiger partial charge is 0.325 e. The van der Waals surface area contributed by atoms with Gasteiger partial charge in [-0.15, -0.1) is 0 Å². The number of carbonyl (C=O) groups excluding carboxylic acids is 2. The van der Waals surface area contributed by atoms with Gasteiger partial charge in [0, 0.05) is 23.5 Å². The molecule has 0 saturated heterocycles. The van der Waals surface area contributed by atoms with Crippen LogP contribution < -0.4 is 16.4 Å². The van der Waals surface area contributed by atoms with Crippen molar-refractivity contribution in [2.45, 2.75) is 37.9 Å². The number of nitrogens with two attached hydrogens (primary N) is 1. The first-order valence-corrected chi connectivity index (χ1v) is 10.4. The molecular formula is C19H26N4O4S. The second-order valence-corrected chi connectivity index (χ2v) is 7.57. The molecule has 0 fully saturated rings. The molecule has 2 rings (SSSR count). The monoisotopic (exact) mass is 406 g/mol. The third-order valence-corrected chi connectivity index (χ3v) is 5.07. The Morgan fingerprint density at radius 1 is 1.21 bits per heavy atom. The molecule has 152 valence electrons. The van der Waals surface area contributed by atoms with E-state index < -0.39 is 35.9 Å². The zero-order chi connectivity index (χ0) is 20.7. The summed E-state index contributed by atoms with van der Waals surface area (Å²) in [5.74, 6) is -1.42. The maximum absolute atomic E-state index is 12.6. The van der Waals surface area contributed by atoms with Gasteiger partial charge in [0.15, 0.2) is 0 Å². The fraction of sp³-hybridized carbons (Fsp3) is 0.421. The number of hydrogen-bond donors (Lipinski definition) is 5. The second-order valence-electron chi connectivity index (χ2n) is 6.58. The van der Waals surface area contributed by atoms with Gasteiger partial charge < -0.3 is 26.5 Å². The molecule has 0 aliphatic rings. The highest BCUT2D eigenvalue weighted by molar-refractivity contribution is 7.98. The van der Waals surface area contributed by atoms with Crippen LogP contribution in [0.4, 0.5) is 0 Å². The highest BCUT2D eigenvalue weighted by Crippen LogP contribution is 2.19. The van der Waals surface area contributed by atoms with Crippen LogP contribution in [-0.4, -0.2) is 58.0 Å². The van der Waals surface area contributed by atoms with E-state index in [1.807, 2.05) is 30.5 Å². The first-order valence-electron chi connectivity index (χ1n) is 8.96. The number of carboxylic acids is 1. The van der Waals surface area contributed by atoms with Gasteiger partial charge in [-0.05, 0) is 37.0 Å². The van der Waals surface area contributed by atoms with Crippen LogP contribution in [0, 0.1) is 0 Å². The second kappa shape index (κ2) is 10.1. The molecule has 1 heterocycles. The van der Waals surface area contributed by atoms with Crippen molar-refractivity contribution >= 4 is 40.4 Å². The minimum atomic E-state index is -1.15. The third-order valence-electron chi connectivity index (χ3n) is 4.43. The predicted molar refractivity (Wildman–Crippen MR) is 110 cm³/mol. The van der Waals surface area contributed by atoms with Gasteiger partial charge >= 0.3 is 5.97 Å². The minimum Gasteiger partial charge on any atom is -0.480 e. The molecule has 0 unspecified atom stereocenters. The first kappa shape index (κ1) is 21.8. The summed E-state index contributed by atoms with van der Waals surface area (Å²) in [4.78, 5) is 39.3. The van der Waals surface area contributed by atoms with E-state index in [1.165, 1.54) is 6.92 Å². The van der Waals surface area contributed by atoms with Gasteiger partial charge in [-0.3, -0.25) is 14.4 Å². The van der Waals surface area contributed by atoms with E-state index in [2.05, 4.69) is 15.6 Å². The van der Waals surface area contributed by atoms with Crippen molar-refractivity contribution < 1.29 is 19.5 Å². The lowest BCUT2D eigenvalue weighted by molar-refractivity contribution is -0.141. The van der Waals surface area contributed by atoms with E-state index in [4.69, 9.17) is 10.8 Å². The van der Waals surface area contributed by atoms with Gasteiger partial charge in [-0.25, -0.2) is 0 Å². The van der Waals surface area contributed by atoms with Crippen molar-refractivity contribution in [3.63, 3.8) is 0 Å². The highest BCUT2D eigenvalue weighted by atomic mass is 32.2. The summed E-state index contributed by atoms with van der Waals surface area (Å²) in [6.45, 7) is 1.37. The Balaban J connectivity index is 2.18. The quantitative estimate of drug-likeness (QED) is 0.397. The molecule has 0 aliphatic carbocycles. The van der Waals surface area contributed by atoms with Gasteiger partial charge in [0.2, 0.25) is 11.8 Å². The van der Waals surface area contributed by atoms with Crippen molar-refractivity contribution in [2.24, 2.45) is 5.73 Å². The minimum absolute atomic E-state index is 0.211. The predicted octanol–water partition coefficient (Wildman–Crippen LogP) is 0.865. The fourth-order valence-electron chi connectivity index (χ4n) is 2.76. The van der Waals surface area contributed by atoms with E-state index in [0.717, 1.165) is 22.2 Å². The van der Waals surface area contributed by atoms with Gasteiger partial charge in [0.25, 0.3) is 0 Å². The molecule has 9 heteroatoms. The Morgan fingerprint density at radius 3 is 2.61 bits per heavy atom. The largest absolute Gasteiger partial charge is 0.480 e. The molecular weight excluding hydrogens is 380 g/mol. The van der Waals surface area contributed by atoms with E-state index in [1.54, 1.807) is 18.0 Å². The summed E-state index contributed by atoms with van der Waals surface area (Å²) in [5.41, 5.74) is 7.67. The van der Waals surface area contributed by atoms with E-state index >= 15 is 0 Å². The Labute approximate surface area is 167 Å². The zero-order valence-electron chi connectivity index (χ0n) is 15.9. The summed E-state index contributed by atoms with van der Waals surface area (Å²) in [6, 6.07) is 4.88. The van der Waals surface area contributed by atoms with Crippen molar-refractivity contribution in [2.75, 3.05) is 12.0 Å². The normalized spacial score (nSPS) is 14.2. The molecule has 2 amide bonds. The topological polar surface area (TPSA) is 137 Å².